The van der Waals surface area contributed by atoms with Crippen molar-refractivity contribution in [3.63, 3.8) is 0 Å². The van der Waals surface area contributed by atoms with Gasteiger partial charge in [-0.1, -0.05) is 18.2 Å². The molecule has 19 heavy (non-hydrogen) atoms. The molecule has 1 aliphatic heterocycles. The Morgan fingerprint density at radius 2 is 1.79 bits per heavy atom. The summed E-state index contributed by atoms with van der Waals surface area (Å²) in [6.07, 6.45) is 0.627. The van der Waals surface area contributed by atoms with Crippen molar-refractivity contribution in [3.05, 3.63) is 64.7 Å². The zero-order valence-electron chi connectivity index (χ0n) is 10.1. The summed E-state index contributed by atoms with van der Waals surface area (Å²) in [6.45, 7) is 0. The first-order valence-corrected chi connectivity index (χ1v) is 6.00. The van der Waals surface area contributed by atoms with Crippen molar-refractivity contribution in [3.8, 4) is 17.9 Å². The molecule has 0 saturated heterocycles. The predicted octanol–water partition coefficient (Wildman–Crippen LogP) is 3.11. The second-order valence-corrected chi connectivity index (χ2v) is 4.44. The monoisotopic (exact) mass is 246 g/mol. The van der Waals surface area contributed by atoms with E-state index in [-0.39, 0.29) is 6.10 Å². The summed E-state index contributed by atoms with van der Waals surface area (Å²) in [4.78, 5) is 0. The molecular weight excluding hydrogens is 236 g/mol. The van der Waals surface area contributed by atoms with Gasteiger partial charge in [0.15, 0.2) is 0 Å². The summed E-state index contributed by atoms with van der Waals surface area (Å²) < 4.78 is 5.87. The summed E-state index contributed by atoms with van der Waals surface area (Å²) in [6, 6.07) is 17.2. The van der Waals surface area contributed by atoms with Gasteiger partial charge in [-0.3, -0.25) is 0 Å². The molecule has 3 rings (SSSR count). The Kier molecular flexibility index (Phi) is 2.67. The van der Waals surface area contributed by atoms with E-state index in [4.69, 9.17) is 15.3 Å². The highest BCUT2D eigenvalue weighted by molar-refractivity contribution is 5.50. The van der Waals surface area contributed by atoms with E-state index in [0.29, 0.717) is 17.5 Å². The first-order valence-electron chi connectivity index (χ1n) is 6.00. The van der Waals surface area contributed by atoms with Crippen molar-refractivity contribution in [1.82, 2.24) is 0 Å². The van der Waals surface area contributed by atoms with Gasteiger partial charge in [-0.25, -0.2) is 0 Å². The molecule has 0 amide bonds. The standard InChI is InChI=1S/C16H10N2O/c17-9-11-4-6-12(7-5-11)16-8-14-13(10-18)2-1-3-15(14)19-16/h1-7,16H,8H2. The van der Waals surface area contributed by atoms with E-state index in [9.17, 15) is 0 Å². The lowest BCUT2D eigenvalue weighted by Crippen LogP contribution is -2.02. The van der Waals surface area contributed by atoms with Gasteiger partial charge in [0.2, 0.25) is 0 Å². The first-order chi connectivity index (χ1) is 9.31. The van der Waals surface area contributed by atoms with Crippen LogP contribution in [-0.4, -0.2) is 0 Å². The molecule has 0 radical (unpaired) electrons. The summed E-state index contributed by atoms with van der Waals surface area (Å²) in [5, 5.41) is 17.9. The fourth-order valence-electron chi connectivity index (χ4n) is 2.33. The molecule has 0 aromatic heterocycles. The molecule has 3 nitrogen and oxygen atoms in total. The number of benzene rings is 2. The van der Waals surface area contributed by atoms with Crippen LogP contribution in [0.3, 0.4) is 0 Å². The van der Waals surface area contributed by atoms with Crippen molar-refractivity contribution < 1.29 is 4.74 Å². The van der Waals surface area contributed by atoms with Crippen LogP contribution >= 0.6 is 0 Å². The molecule has 3 heteroatoms. The van der Waals surface area contributed by atoms with Crippen LogP contribution < -0.4 is 4.74 Å². The van der Waals surface area contributed by atoms with Gasteiger partial charge in [0.05, 0.1) is 23.3 Å². The fourth-order valence-corrected chi connectivity index (χ4v) is 2.33. The van der Waals surface area contributed by atoms with Gasteiger partial charge in [-0.2, -0.15) is 10.5 Å². The highest BCUT2D eigenvalue weighted by atomic mass is 16.5. The zero-order valence-corrected chi connectivity index (χ0v) is 10.1. The van der Waals surface area contributed by atoms with Crippen LogP contribution in [0.5, 0.6) is 5.75 Å². The summed E-state index contributed by atoms with van der Waals surface area (Å²) in [7, 11) is 0. The summed E-state index contributed by atoms with van der Waals surface area (Å²) >= 11 is 0. The molecular formula is C16H10N2O. The lowest BCUT2D eigenvalue weighted by Gasteiger charge is -2.10. The van der Waals surface area contributed by atoms with Gasteiger partial charge < -0.3 is 4.74 Å². The van der Waals surface area contributed by atoms with Crippen molar-refractivity contribution >= 4 is 0 Å². The Morgan fingerprint density at radius 1 is 1.00 bits per heavy atom. The molecule has 2 aromatic carbocycles. The molecule has 0 aliphatic carbocycles. The number of hydrogen-bond acceptors (Lipinski definition) is 3. The zero-order chi connectivity index (χ0) is 13.2. The van der Waals surface area contributed by atoms with E-state index in [1.165, 1.54) is 0 Å². The van der Waals surface area contributed by atoms with Gasteiger partial charge in [-0.05, 0) is 29.8 Å². The van der Waals surface area contributed by atoms with E-state index in [2.05, 4.69) is 12.1 Å². The maximum Gasteiger partial charge on any atom is 0.128 e. The van der Waals surface area contributed by atoms with Crippen LogP contribution in [-0.2, 0) is 6.42 Å². The Morgan fingerprint density at radius 3 is 2.47 bits per heavy atom. The number of hydrogen-bond donors (Lipinski definition) is 0. The molecule has 0 fully saturated rings. The molecule has 0 saturated carbocycles. The number of ether oxygens (including phenoxy) is 1. The largest absolute Gasteiger partial charge is 0.485 e. The van der Waals surface area contributed by atoms with Gasteiger partial charge in [0.1, 0.15) is 11.9 Å². The summed E-state index contributed by atoms with van der Waals surface area (Å²) in [5.74, 6) is 0.786. The van der Waals surface area contributed by atoms with Gasteiger partial charge >= 0.3 is 0 Å². The maximum absolute atomic E-state index is 9.09. The van der Waals surface area contributed by atoms with Gasteiger partial charge in [0.25, 0.3) is 0 Å². The van der Waals surface area contributed by atoms with E-state index in [0.717, 1.165) is 16.9 Å². The van der Waals surface area contributed by atoms with E-state index < -0.39 is 0 Å². The minimum Gasteiger partial charge on any atom is -0.485 e. The predicted molar refractivity (Wildman–Crippen MR) is 69.4 cm³/mol. The first kappa shape index (κ1) is 11.3. The van der Waals surface area contributed by atoms with E-state index >= 15 is 0 Å². The highest BCUT2D eigenvalue weighted by Crippen LogP contribution is 2.38. The average molecular weight is 246 g/mol. The van der Waals surface area contributed by atoms with Crippen molar-refractivity contribution in [2.45, 2.75) is 12.5 Å². The Labute approximate surface area is 111 Å². The highest BCUT2D eigenvalue weighted by Gasteiger charge is 2.26. The fraction of sp³-hybridized carbons (Fsp3) is 0.125. The summed E-state index contributed by atoms with van der Waals surface area (Å²) in [5.41, 5.74) is 3.31. The van der Waals surface area contributed by atoms with Crippen molar-refractivity contribution in [2.75, 3.05) is 0 Å². The molecule has 1 aliphatic rings. The minimum atomic E-state index is -0.0720. The molecule has 2 aromatic rings. The smallest absolute Gasteiger partial charge is 0.128 e. The van der Waals surface area contributed by atoms with Gasteiger partial charge in [-0.15, -0.1) is 0 Å². The van der Waals surface area contributed by atoms with E-state index in [1.807, 2.05) is 30.3 Å². The average Bonchev–Trinajstić information content (AvgIpc) is 2.91. The van der Waals surface area contributed by atoms with Crippen LogP contribution in [0.4, 0.5) is 0 Å². The quantitative estimate of drug-likeness (QED) is 0.776. The van der Waals surface area contributed by atoms with Crippen LogP contribution in [0.25, 0.3) is 0 Å². The number of fused-ring (bicyclic) bond motifs is 1. The molecule has 1 unspecified atom stereocenters. The lowest BCUT2D eigenvalue weighted by molar-refractivity contribution is 0.238. The third-order valence-corrected chi connectivity index (χ3v) is 3.32. The second-order valence-electron chi connectivity index (χ2n) is 4.44. The van der Waals surface area contributed by atoms with Crippen LogP contribution in [0.2, 0.25) is 0 Å². The third kappa shape index (κ3) is 1.92. The molecule has 0 bridgehead atoms. The third-order valence-electron chi connectivity index (χ3n) is 3.32. The van der Waals surface area contributed by atoms with Crippen LogP contribution in [0, 0.1) is 22.7 Å². The second kappa shape index (κ2) is 4.48. The maximum atomic E-state index is 9.09. The van der Waals surface area contributed by atoms with Crippen LogP contribution in [0.15, 0.2) is 42.5 Å². The number of rotatable bonds is 1. The molecule has 0 spiro atoms. The number of nitrogens with zero attached hydrogens (tertiary/aromatic N) is 2. The Balaban J connectivity index is 1.91. The Bertz CT molecular complexity index is 705. The SMILES string of the molecule is N#Cc1ccc(C2Cc3c(C#N)cccc3O2)cc1. The molecule has 1 heterocycles. The number of nitriles is 2. The van der Waals surface area contributed by atoms with E-state index in [1.54, 1.807) is 12.1 Å². The van der Waals surface area contributed by atoms with Crippen molar-refractivity contribution in [1.29, 1.82) is 10.5 Å². The normalized spacial score (nSPS) is 16.0. The molecule has 0 N–H and O–H groups in total. The van der Waals surface area contributed by atoms with Gasteiger partial charge in [0, 0.05) is 12.0 Å². The van der Waals surface area contributed by atoms with Crippen LogP contribution in [0.1, 0.15) is 28.4 Å². The molecule has 1 atom stereocenters. The molecule has 90 valence electrons. The Hall–Kier alpha value is -2.78. The lowest BCUT2D eigenvalue weighted by atomic mass is 9.99. The van der Waals surface area contributed by atoms with Crippen molar-refractivity contribution in [2.24, 2.45) is 0 Å². The topological polar surface area (TPSA) is 56.8 Å². The minimum absolute atomic E-state index is 0.0720.